The van der Waals surface area contributed by atoms with Crippen LogP contribution in [0.15, 0.2) is 0 Å². The number of carbonyl (C=O) groups excluding carboxylic acids is 1. The fourth-order valence-electron chi connectivity index (χ4n) is 1.87. The van der Waals surface area contributed by atoms with E-state index in [-0.39, 0.29) is 16.8 Å². The number of ether oxygens (including phenoxy) is 1. The molecule has 1 saturated heterocycles. The molecular formula is C12H22BrNO2. The maximum atomic E-state index is 12.1. The molecular weight excluding hydrogens is 270 g/mol. The summed E-state index contributed by atoms with van der Waals surface area (Å²) in [6.45, 7) is 8.47. The number of nitrogens with zero attached hydrogens (tertiary/aromatic N) is 1. The summed E-state index contributed by atoms with van der Waals surface area (Å²) in [7, 11) is 0. The van der Waals surface area contributed by atoms with Crippen molar-refractivity contribution in [2.75, 3.05) is 19.7 Å². The van der Waals surface area contributed by atoms with Crippen LogP contribution in [0.5, 0.6) is 0 Å². The number of hydrogen-bond donors (Lipinski definition) is 0. The highest BCUT2D eigenvalue weighted by atomic mass is 79.9. The number of amides is 1. The molecule has 0 N–H and O–H groups in total. The fourth-order valence-corrected chi connectivity index (χ4v) is 2.16. The van der Waals surface area contributed by atoms with Gasteiger partial charge in [-0.1, -0.05) is 29.8 Å². The van der Waals surface area contributed by atoms with Crippen LogP contribution in [0.25, 0.3) is 0 Å². The summed E-state index contributed by atoms with van der Waals surface area (Å²) in [5, 5.41) is 0. The molecule has 2 atom stereocenters. The van der Waals surface area contributed by atoms with Gasteiger partial charge in [-0.3, -0.25) is 4.79 Å². The van der Waals surface area contributed by atoms with E-state index in [0.717, 1.165) is 32.5 Å². The topological polar surface area (TPSA) is 29.5 Å². The Balaban J connectivity index is 2.48. The predicted molar refractivity (Wildman–Crippen MR) is 68.8 cm³/mol. The molecule has 3 nitrogen and oxygen atoms in total. The van der Waals surface area contributed by atoms with Crippen LogP contribution in [-0.4, -0.2) is 41.4 Å². The van der Waals surface area contributed by atoms with E-state index >= 15 is 0 Å². The number of hydrogen-bond acceptors (Lipinski definition) is 2. The maximum absolute atomic E-state index is 12.1. The summed E-state index contributed by atoms with van der Waals surface area (Å²) < 4.78 is 5.57. The molecule has 2 unspecified atom stereocenters. The molecule has 0 spiro atoms. The second-order valence-corrected chi connectivity index (χ2v) is 5.64. The van der Waals surface area contributed by atoms with E-state index in [1.165, 1.54) is 0 Å². The molecule has 0 bridgehead atoms. The summed E-state index contributed by atoms with van der Waals surface area (Å²) >= 11 is 3.47. The molecule has 0 radical (unpaired) electrons. The Morgan fingerprint density at radius 1 is 1.56 bits per heavy atom. The van der Waals surface area contributed by atoms with E-state index in [9.17, 15) is 4.79 Å². The highest BCUT2D eigenvalue weighted by Gasteiger charge is 2.27. The Bertz CT molecular complexity index is 227. The van der Waals surface area contributed by atoms with Gasteiger partial charge < -0.3 is 9.64 Å². The Morgan fingerprint density at radius 3 is 2.69 bits per heavy atom. The Kier molecular flexibility index (Phi) is 5.76. The van der Waals surface area contributed by atoms with E-state index in [1.807, 2.05) is 11.8 Å². The lowest BCUT2D eigenvalue weighted by atomic mass is 10.1. The molecule has 1 amide bonds. The van der Waals surface area contributed by atoms with E-state index in [4.69, 9.17) is 4.74 Å². The average Bonchev–Trinajstić information content (AvgIpc) is 2.76. The van der Waals surface area contributed by atoms with Crippen LogP contribution >= 0.6 is 15.9 Å². The van der Waals surface area contributed by atoms with Gasteiger partial charge >= 0.3 is 0 Å². The van der Waals surface area contributed by atoms with Crippen molar-refractivity contribution in [3.05, 3.63) is 0 Å². The van der Waals surface area contributed by atoms with Crippen LogP contribution < -0.4 is 0 Å². The van der Waals surface area contributed by atoms with Crippen LogP contribution in [-0.2, 0) is 9.53 Å². The predicted octanol–water partition coefficient (Wildman–Crippen LogP) is 2.43. The van der Waals surface area contributed by atoms with Gasteiger partial charge in [-0.15, -0.1) is 0 Å². The number of halogens is 1. The quantitative estimate of drug-likeness (QED) is 0.728. The minimum absolute atomic E-state index is 0.0751. The molecule has 0 aliphatic carbocycles. The zero-order valence-electron chi connectivity index (χ0n) is 10.4. The zero-order valence-corrected chi connectivity index (χ0v) is 12.0. The highest BCUT2D eigenvalue weighted by molar-refractivity contribution is 9.10. The summed E-state index contributed by atoms with van der Waals surface area (Å²) in [6.07, 6.45) is 2.45. The second-order valence-electron chi connectivity index (χ2n) is 4.66. The first-order valence-electron chi connectivity index (χ1n) is 6.10. The van der Waals surface area contributed by atoms with Crippen molar-refractivity contribution in [2.45, 2.75) is 44.5 Å². The smallest absolute Gasteiger partial charge is 0.236 e. The van der Waals surface area contributed by atoms with Gasteiger partial charge in [0.05, 0.1) is 10.9 Å². The third-order valence-electron chi connectivity index (χ3n) is 2.96. The van der Waals surface area contributed by atoms with Crippen molar-refractivity contribution in [2.24, 2.45) is 5.92 Å². The van der Waals surface area contributed by atoms with Crippen LogP contribution in [0.3, 0.4) is 0 Å². The summed E-state index contributed by atoms with van der Waals surface area (Å²) in [6, 6.07) is 0. The van der Waals surface area contributed by atoms with Gasteiger partial charge in [-0.25, -0.2) is 0 Å². The average molecular weight is 292 g/mol. The third kappa shape index (κ3) is 3.74. The SMILES string of the molecule is CCN(CC1CCCO1)C(=O)C(Br)C(C)C. The molecule has 0 aromatic carbocycles. The highest BCUT2D eigenvalue weighted by Crippen LogP contribution is 2.18. The van der Waals surface area contributed by atoms with Crippen molar-refractivity contribution in [1.29, 1.82) is 0 Å². The van der Waals surface area contributed by atoms with Crippen LogP contribution in [0.4, 0.5) is 0 Å². The Labute approximate surface area is 107 Å². The van der Waals surface area contributed by atoms with Gasteiger partial charge in [-0.2, -0.15) is 0 Å². The maximum Gasteiger partial charge on any atom is 0.236 e. The van der Waals surface area contributed by atoms with Crippen LogP contribution in [0.1, 0.15) is 33.6 Å². The van der Waals surface area contributed by atoms with Gasteiger partial charge in [0.25, 0.3) is 0 Å². The third-order valence-corrected chi connectivity index (χ3v) is 4.41. The van der Waals surface area contributed by atoms with Crippen LogP contribution in [0.2, 0.25) is 0 Å². The molecule has 1 aliphatic rings. The first kappa shape index (κ1) is 14.0. The van der Waals surface area contributed by atoms with E-state index in [0.29, 0.717) is 5.92 Å². The molecule has 94 valence electrons. The molecule has 1 fully saturated rings. The molecule has 1 rings (SSSR count). The standard InChI is InChI=1S/C12H22BrNO2/c1-4-14(8-10-6-5-7-16-10)12(15)11(13)9(2)3/h9-11H,4-8H2,1-3H3. The largest absolute Gasteiger partial charge is 0.376 e. The molecule has 0 aromatic heterocycles. The summed E-state index contributed by atoms with van der Waals surface area (Å²) in [5.74, 6) is 0.513. The van der Waals surface area contributed by atoms with Crippen molar-refractivity contribution in [3.8, 4) is 0 Å². The normalized spacial score (nSPS) is 22.4. The molecule has 1 aliphatic heterocycles. The van der Waals surface area contributed by atoms with Gasteiger partial charge in [0, 0.05) is 19.7 Å². The minimum atomic E-state index is -0.0751. The molecule has 4 heteroatoms. The van der Waals surface area contributed by atoms with Crippen molar-refractivity contribution >= 4 is 21.8 Å². The number of carbonyl (C=O) groups is 1. The van der Waals surface area contributed by atoms with E-state index < -0.39 is 0 Å². The lowest BCUT2D eigenvalue weighted by Gasteiger charge is -2.27. The van der Waals surface area contributed by atoms with Crippen molar-refractivity contribution in [3.63, 3.8) is 0 Å². The Morgan fingerprint density at radius 2 is 2.25 bits per heavy atom. The van der Waals surface area contributed by atoms with Gasteiger partial charge in [-0.05, 0) is 25.7 Å². The minimum Gasteiger partial charge on any atom is -0.376 e. The zero-order chi connectivity index (χ0) is 12.1. The Hall–Kier alpha value is -0.0900. The van der Waals surface area contributed by atoms with E-state index in [1.54, 1.807) is 0 Å². The molecule has 1 heterocycles. The molecule has 16 heavy (non-hydrogen) atoms. The second kappa shape index (κ2) is 6.60. The summed E-state index contributed by atoms with van der Waals surface area (Å²) in [5.41, 5.74) is 0. The summed E-state index contributed by atoms with van der Waals surface area (Å²) in [4.78, 5) is 14.0. The van der Waals surface area contributed by atoms with Crippen LogP contribution in [0, 0.1) is 5.92 Å². The van der Waals surface area contributed by atoms with E-state index in [2.05, 4.69) is 29.8 Å². The molecule has 0 aromatic rings. The van der Waals surface area contributed by atoms with Gasteiger partial charge in [0.1, 0.15) is 0 Å². The number of rotatable bonds is 5. The molecule has 0 saturated carbocycles. The first-order valence-corrected chi connectivity index (χ1v) is 7.02. The van der Waals surface area contributed by atoms with Crippen molar-refractivity contribution < 1.29 is 9.53 Å². The van der Waals surface area contributed by atoms with Gasteiger partial charge in [0.2, 0.25) is 5.91 Å². The monoisotopic (exact) mass is 291 g/mol. The number of likely N-dealkylation sites (N-methyl/N-ethyl adjacent to an activating group) is 1. The van der Waals surface area contributed by atoms with Gasteiger partial charge in [0.15, 0.2) is 0 Å². The lowest BCUT2D eigenvalue weighted by Crippen LogP contribution is -2.42. The number of alkyl halides is 1. The fraction of sp³-hybridized carbons (Fsp3) is 0.917. The van der Waals surface area contributed by atoms with Crippen molar-refractivity contribution in [1.82, 2.24) is 4.90 Å². The lowest BCUT2D eigenvalue weighted by molar-refractivity contribution is -0.132. The first-order chi connectivity index (χ1) is 7.56.